The summed E-state index contributed by atoms with van der Waals surface area (Å²) in [5, 5.41) is 20.8. The maximum atomic E-state index is 11.0. The zero-order chi connectivity index (χ0) is 14.0. The van der Waals surface area contributed by atoms with Crippen molar-refractivity contribution in [3.05, 3.63) is 62.9 Å². The van der Waals surface area contributed by atoms with Crippen molar-refractivity contribution in [1.82, 2.24) is 4.57 Å². The topological polar surface area (TPSA) is 68.3 Å². The summed E-state index contributed by atoms with van der Waals surface area (Å²) in [6, 6.07) is 6.39. The molecule has 1 unspecified atom stereocenters. The fourth-order valence-corrected chi connectivity index (χ4v) is 2.09. The Morgan fingerprint density at radius 2 is 2.21 bits per heavy atom. The molecular weight excluding hydrogens is 268 g/mol. The summed E-state index contributed by atoms with van der Waals surface area (Å²) in [6.45, 7) is 1.96. The van der Waals surface area contributed by atoms with Crippen molar-refractivity contribution >= 4 is 17.3 Å². The van der Waals surface area contributed by atoms with Crippen LogP contribution in [0.5, 0.6) is 0 Å². The molecule has 0 aliphatic heterocycles. The van der Waals surface area contributed by atoms with Crippen molar-refractivity contribution in [3.63, 3.8) is 0 Å². The number of nitro groups is 1. The highest BCUT2D eigenvalue weighted by atomic mass is 35.5. The van der Waals surface area contributed by atoms with Crippen molar-refractivity contribution in [2.75, 3.05) is 0 Å². The molecule has 1 aromatic carbocycles. The largest absolute Gasteiger partial charge is 0.389 e. The van der Waals surface area contributed by atoms with E-state index < -0.39 is 11.0 Å². The molecule has 19 heavy (non-hydrogen) atoms. The van der Waals surface area contributed by atoms with Crippen LogP contribution in [-0.4, -0.2) is 14.6 Å². The van der Waals surface area contributed by atoms with Gasteiger partial charge in [0.2, 0.25) is 0 Å². The van der Waals surface area contributed by atoms with Gasteiger partial charge in [0.15, 0.2) is 0 Å². The molecule has 0 aliphatic carbocycles. The summed E-state index contributed by atoms with van der Waals surface area (Å²) >= 11 is 6.03. The number of aliphatic hydroxyl groups is 1. The second-order valence-electron chi connectivity index (χ2n) is 4.29. The van der Waals surface area contributed by atoms with Gasteiger partial charge in [-0.3, -0.25) is 10.1 Å². The maximum Gasteiger partial charge on any atom is 0.275 e. The molecule has 2 aromatic rings. The van der Waals surface area contributed by atoms with Gasteiger partial charge < -0.3 is 9.67 Å². The van der Waals surface area contributed by atoms with E-state index in [-0.39, 0.29) is 5.69 Å². The van der Waals surface area contributed by atoms with E-state index in [1.807, 2.05) is 0 Å². The van der Waals surface area contributed by atoms with Crippen LogP contribution in [0.2, 0.25) is 5.02 Å². The third-order valence-electron chi connectivity index (χ3n) is 2.89. The number of aliphatic hydroxyl groups excluding tert-OH is 1. The van der Waals surface area contributed by atoms with Crippen molar-refractivity contribution in [1.29, 1.82) is 0 Å². The molecule has 1 atom stereocenters. The molecule has 0 spiro atoms. The predicted octanol–water partition coefficient (Wildman–Crippen LogP) is 3.15. The Balaban J connectivity index is 2.34. The standard InChI is InChI=1S/C13H13ClN2O3/c1-9(17)10-5-6-15(7-10)8-11-12(14)3-2-4-13(11)16(18)19/h2-7,9,17H,8H2,1H3. The molecule has 1 aromatic heterocycles. The SMILES string of the molecule is CC(O)c1ccn(Cc2c(Cl)cccc2[N+](=O)[O-])c1. The number of halogens is 1. The molecule has 0 saturated carbocycles. The van der Waals surface area contributed by atoms with Gasteiger partial charge >= 0.3 is 0 Å². The van der Waals surface area contributed by atoms with E-state index in [2.05, 4.69) is 0 Å². The van der Waals surface area contributed by atoms with Gasteiger partial charge in [0, 0.05) is 18.5 Å². The smallest absolute Gasteiger partial charge is 0.275 e. The van der Waals surface area contributed by atoms with E-state index in [0.29, 0.717) is 17.1 Å². The average molecular weight is 281 g/mol. The van der Waals surface area contributed by atoms with E-state index in [1.165, 1.54) is 6.07 Å². The second-order valence-corrected chi connectivity index (χ2v) is 4.69. The van der Waals surface area contributed by atoms with Crippen LogP contribution in [0.4, 0.5) is 5.69 Å². The van der Waals surface area contributed by atoms with Crippen molar-refractivity contribution in [3.8, 4) is 0 Å². The molecule has 0 aliphatic rings. The number of aromatic nitrogens is 1. The molecule has 0 amide bonds. The van der Waals surface area contributed by atoms with E-state index in [1.54, 1.807) is 42.1 Å². The van der Waals surface area contributed by atoms with Gasteiger partial charge in [0.05, 0.1) is 28.2 Å². The molecule has 1 heterocycles. The molecule has 0 radical (unpaired) electrons. The Labute approximate surface area is 115 Å². The van der Waals surface area contributed by atoms with Crippen molar-refractivity contribution in [2.24, 2.45) is 0 Å². The highest BCUT2D eigenvalue weighted by molar-refractivity contribution is 6.31. The highest BCUT2D eigenvalue weighted by Crippen LogP contribution is 2.27. The molecule has 6 heteroatoms. The Morgan fingerprint density at radius 3 is 2.79 bits per heavy atom. The monoisotopic (exact) mass is 280 g/mol. The van der Waals surface area contributed by atoms with Crippen LogP contribution in [0, 0.1) is 10.1 Å². The normalized spacial score (nSPS) is 12.4. The first-order chi connectivity index (χ1) is 8.99. The Bertz CT molecular complexity index is 608. The summed E-state index contributed by atoms with van der Waals surface area (Å²) in [4.78, 5) is 10.5. The van der Waals surface area contributed by atoms with Gasteiger partial charge in [-0.05, 0) is 24.6 Å². The van der Waals surface area contributed by atoms with Crippen LogP contribution in [0.3, 0.4) is 0 Å². The first-order valence-corrected chi connectivity index (χ1v) is 6.12. The molecule has 2 rings (SSSR count). The maximum absolute atomic E-state index is 11.0. The fraction of sp³-hybridized carbons (Fsp3) is 0.231. The van der Waals surface area contributed by atoms with E-state index in [9.17, 15) is 15.2 Å². The van der Waals surface area contributed by atoms with Crippen LogP contribution in [-0.2, 0) is 6.54 Å². The highest BCUT2D eigenvalue weighted by Gasteiger charge is 2.17. The summed E-state index contributed by atoms with van der Waals surface area (Å²) < 4.78 is 1.76. The summed E-state index contributed by atoms with van der Waals surface area (Å²) in [6.07, 6.45) is 2.94. The van der Waals surface area contributed by atoms with Crippen LogP contribution in [0.25, 0.3) is 0 Å². The third-order valence-corrected chi connectivity index (χ3v) is 3.24. The number of hydrogen-bond acceptors (Lipinski definition) is 3. The number of nitro benzene ring substituents is 1. The lowest BCUT2D eigenvalue weighted by Gasteiger charge is -2.07. The Kier molecular flexibility index (Phi) is 3.87. The molecule has 1 N–H and O–H groups in total. The lowest BCUT2D eigenvalue weighted by molar-refractivity contribution is -0.385. The van der Waals surface area contributed by atoms with E-state index in [0.717, 1.165) is 5.56 Å². The lowest BCUT2D eigenvalue weighted by Crippen LogP contribution is -2.02. The lowest BCUT2D eigenvalue weighted by atomic mass is 10.2. The number of benzene rings is 1. The first kappa shape index (κ1) is 13.6. The van der Waals surface area contributed by atoms with Gasteiger partial charge in [-0.2, -0.15) is 0 Å². The minimum Gasteiger partial charge on any atom is -0.389 e. The number of hydrogen-bond donors (Lipinski definition) is 1. The number of rotatable bonds is 4. The first-order valence-electron chi connectivity index (χ1n) is 5.74. The van der Waals surface area contributed by atoms with E-state index >= 15 is 0 Å². The van der Waals surface area contributed by atoms with Crippen LogP contribution in [0.1, 0.15) is 24.2 Å². The predicted molar refractivity (Wildman–Crippen MR) is 72.3 cm³/mol. The van der Waals surface area contributed by atoms with Gasteiger partial charge in [-0.1, -0.05) is 17.7 Å². The van der Waals surface area contributed by atoms with Crippen LogP contribution >= 0.6 is 11.6 Å². The van der Waals surface area contributed by atoms with Crippen LogP contribution < -0.4 is 0 Å². The zero-order valence-corrected chi connectivity index (χ0v) is 11.0. The number of nitrogens with zero attached hydrogens (tertiary/aromatic N) is 2. The molecule has 0 fully saturated rings. The minimum atomic E-state index is -0.567. The molecular formula is C13H13ClN2O3. The summed E-state index contributed by atoms with van der Waals surface area (Å²) in [5.74, 6) is 0. The summed E-state index contributed by atoms with van der Waals surface area (Å²) in [7, 11) is 0. The fourth-order valence-electron chi connectivity index (χ4n) is 1.86. The zero-order valence-electron chi connectivity index (χ0n) is 10.3. The molecule has 0 bridgehead atoms. The summed E-state index contributed by atoms with van der Waals surface area (Å²) in [5.41, 5.74) is 1.22. The van der Waals surface area contributed by atoms with Gasteiger partial charge in [-0.25, -0.2) is 0 Å². The molecule has 0 saturated heterocycles. The van der Waals surface area contributed by atoms with Crippen molar-refractivity contribution < 1.29 is 10.0 Å². The van der Waals surface area contributed by atoms with Crippen molar-refractivity contribution in [2.45, 2.75) is 19.6 Å². The van der Waals surface area contributed by atoms with Gasteiger partial charge in [0.25, 0.3) is 5.69 Å². The van der Waals surface area contributed by atoms with Gasteiger partial charge in [0.1, 0.15) is 0 Å². The quantitative estimate of drug-likeness (QED) is 0.691. The Morgan fingerprint density at radius 1 is 1.47 bits per heavy atom. The minimum absolute atomic E-state index is 0.000188. The van der Waals surface area contributed by atoms with Gasteiger partial charge in [-0.15, -0.1) is 0 Å². The third kappa shape index (κ3) is 2.94. The van der Waals surface area contributed by atoms with Crippen LogP contribution in [0.15, 0.2) is 36.7 Å². The molecule has 5 nitrogen and oxygen atoms in total. The Hall–Kier alpha value is -1.85. The average Bonchev–Trinajstić information content (AvgIpc) is 2.80. The van der Waals surface area contributed by atoms with E-state index in [4.69, 9.17) is 11.6 Å². The molecule has 100 valence electrons. The second kappa shape index (κ2) is 5.42.